The van der Waals surface area contributed by atoms with E-state index >= 15 is 0 Å². The number of benzene rings is 3. The molecular formula is C26H29N3O5. The van der Waals surface area contributed by atoms with E-state index in [1.54, 1.807) is 54.6 Å². The number of aryl methyl sites for hydroxylation is 1. The number of rotatable bonds is 10. The van der Waals surface area contributed by atoms with Crippen LogP contribution in [0.5, 0.6) is 17.2 Å². The molecule has 8 nitrogen and oxygen atoms in total. The van der Waals surface area contributed by atoms with Gasteiger partial charge in [-0.1, -0.05) is 24.3 Å². The average molecular weight is 464 g/mol. The van der Waals surface area contributed by atoms with Crippen LogP contribution in [0.3, 0.4) is 0 Å². The second-order valence-electron chi connectivity index (χ2n) is 7.67. The maximum Gasteiger partial charge on any atom is 0.259 e. The minimum Gasteiger partial charge on any atom is -0.508 e. The Labute approximate surface area is 198 Å². The largest absolute Gasteiger partial charge is 0.508 e. The Hall–Kier alpha value is -4.04. The summed E-state index contributed by atoms with van der Waals surface area (Å²) < 4.78 is 11.1. The Kier molecular flexibility index (Phi) is 8.48. The monoisotopic (exact) mass is 463 g/mol. The molecule has 0 aliphatic carbocycles. The lowest BCUT2D eigenvalue weighted by atomic mass is 10.1. The Morgan fingerprint density at radius 3 is 2.53 bits per heavy atom. The van der Waals surface area contributed by atoms with Crippen molar-refractivity contribution in [3.05, 3.63) is 82.9 Å². The van der Waals surface area contributed by atoms with Crippen molar-refractivity contribution < 1.29 is 24.2 Å². The highest BCUT2D eigenvalue weighted by Crippen LogP contribution is 2.28. The average Bonchev–Trinajstić information content (AvgIpc) is 2.84. The van der Waals surface area contributed by atoms with Gasteiger partial charge in [-0.15, -0.1) is 0 Å². The topological polar surface area (TPSA) is 123 Å². The summed E-state index contributed by atoms with van der Waals surface area (Å²) in [6.07, 6.45) is 0.677. The summed E-state index contributed by atoms with van der Waals surface area (Å²) in [5, 5.41) is 15.6. The summed E-state index contributed by atoms with van der Waals surface area (Å²) in [5.41, 5.74) is 8.19. The van der Waals surface area contributed by atoms with E-state index in [2.05, 4.69) is 10.6 Å². The van der Waals surface area contributed by atoms with Crippen molar-refractivity contribution in [2.24, 2.45) is 5.73 Å². The fraction of sp³-hybridized carbons (Fsp3) is 0.231. The molecule has 0 bridgehead atoms. The molecule has 0 fully saturated rings. The van der Waals surface area contributed by atoms with Crippen LogP contribution in [0.1, 0.15) is 38.3 Å². The molecule has 0 spiro atoms. The van der Waals surface area contributed by atoms with Crippen LogP contribution in [0.4, 0.5) is 5.69 Å². The van der Waals surface area contributed by atoms with Gasteiger partial charge in [0, 0.05) is 17.7 Å². The Balaban J connectivity index is 1.70. The highest BCUT2D eigenvalue weighted by molar-refractivity contribution is 6.07. The lowest BCUT2D eigenvalue weighted by Crippen LogP contribution is -2.23. The minimum atomic E-state index is -0.367. The number of nitrogens with one attached hydrogen (secondary N) is 2. The molecule has 0 aliphatic heterocycles. The first-order chi connectivity index (χ1) is 16.4. The van der Waals surface area contributed by atoms with Gasteiger partial charge in [-0.25, -0.2) is 0 Å². The number of anilines is 1. The van der Waals surface area contributed by atoms with Crippen molar-refractivity contribution in [3.63, 3.8) is 0 Å². The van der Waals surface area contributed by atoms with Crippen LogP contribution >= 0.6 is 0 Å². The quantitative estimate of drug-likeness (QED) is 0.341. The lowest BCUT2D eigenvalue weighted by Gasteiger charge is -2.14. The number of nitrogens with two attached hydrogens (primary N) is 1. The summed E-state index contributed by atoms with van der Waals surface area (Å²) in [6, 6.07) is 16.9. The maximum atomic E-state index is 12.9. The Morgan fingerprint density at radius 2 is 1.79 bits per heavy atom. The Morgan fingerprint density at radius 1 is 1.00 bits per heavy atom. The maximum absolute atomic E-state index is 12.9. The molecule has 0 heterocycles. The van der Waals surface area contributed by atoms with Gasteiger partial charge >= 0.3 is 0 Å². The van der Waals surface area contributed by atoms with Gasteiger partial charge in [0.15, 0.2) is 0 Å². The van der Waals surface area contributed by atoms with Crippen LogP contribution in [-0.4, -0.2) is 37.2 Å². The molecule has 178 valence electrons. The zero-order valence-electron chi connectivity index (χ0n) is 19.3. The molecule has 0 saturated heterocycles. The molecule has 0 saturated carbocycles. The summed E-state index contributed by atoms with van der Waals surface area (Å²) in [7, 11) is 1.46. The van der Waals surface area contributed by atoms with Crippen molar-refractivity contribution in [1.82, 2.24) is 5.32 Å². The van der Waals surface area contributed by atoms with Crippen LogP contribution in [0, 0.1) is 6.92 Å². The van der Waals surface area contributed by atoms with Crippen molar-refractivity contribution in [3.8, 4) is 17.2 Å². The first-order valence-corrected chi connectivity index (χ1v) is 10.9. The van der Waals surface area contributed by atoms with E-state index in [0.717, 1.165) is 5.56 Å². The Bertz CT molecular complexity index is 1160. The smallest absolute Gasteiger partial charge is 0.259 e. The SMILES string of the molecule is COc1cc(C(=O)NCc2ccc(C)cc2O)ccc1NC(=O)c1ccccc1OCCCN. The van der Waals surface area contributed by atoms with Gasteiger partial charge in [0.25, 0.3) is 11.8 Å². The third-order valence-corrected chi connectivity index (χ3v) is 5.13. The molecular weight excluding hydrogens is 434 g/mol. The number of phenols is 1. The normalized spacial score (nSPS) is 10.4. The number of carbonyl (C=O) groups excluding carboxylic acids is 2. The number of phenolic OH excluding ortho intramolecular Hbond substituents is 1. The van der Waals surface area contributed by atoms with E-state index in [1.165, 1.54) is 7.11 Å². The number of amides is 2. The zero-order valence-corrected chi connectivity index (χ0v) is 19.3. The van der Waals surface area contributed by atoms with Crippen molar-refractivity contribution in [1.29, 1.82) is 0 Å². The summed E-state index contributed by atoms with van der Waals surface area (Å²) in [5.74, 6) is 0.218. The van der Waals surface area contributed by atoms with E-state index in [1.807, 2.05) is 13.0 Å². The van der Waals surface area contributed by atoms with E-state index < -0.39 is 0 Å². The van der Waals surface area contributed by atoms with Gasteiger partial charge in [-0.05, 0) is 61.9 Å². The van der Waals surface area contributed by atoms with Crippen molar-refractivity contribution in [2.75, 3.05) is 25.6 Å². The lowest BCUT2D eigenvalue weighted by molar-refractivity contribution is 0.0949. The number of methoxy groups -OCH3 is 1. The van der Waals surface area contributed by atoms with Crippen LogP contribution in [0.25, 0.3) is 0 Å². The molecule has 0 radical (unpaired) electrons. The number of hydrogen-bond acceptors (Lipinski definition) is 6. The summed E-state index contributed by atoms with van der Waals surface area (Å²) in [6.45, 7) is 2.96. The van der Waals surface area contributed by atoms with Gasteiger partial charge in [0.05, 0.1) is 25.0 Å². The van der Waals surface area contributed by atoms with E-state index in [4.69, 9.17) is 15.2 Å². The van der Waals surface area contributed by atoms with Gasteiger partial charge in [-0.2, -0.15) is 0 Å². The van der Waals surface area contributed by atoms with Crippen LogP contribution < -0.4 is 25.8 Å². The van der Waals surface area contributed by atoms with Crippen molar-refractivity contribution in [2.45, 2.75) is 19.9 Å². The van der Waals surface area contributed by atoms with Crippen molar-refractivity contribution >= 4 is 17.5 Å². The van der Waals surface area contributed by atoms with Crippen LogP contribution in [0.2, 0.25) is 0 Å². The minimum absolute atomic E-state index is 0.128. The third kappa shape index (κ3) is 6.26. The van der Waals surface area contributed by atoms with Gasteiger partial charge in [0.2, 0.25) is 0 Å². The predicted octanol–water partition coefficient (Wildman–Crippen LogP) is 3.62. The van der Waals surface area contributed by atoms with Gasteiger partial charge in [-0.3, -0.25) is 9.59 Å². The summed E-state index contributed by atoms with van der Waals surface area (Å²) in [4.78, 5) is 25.5. The van der Waals surface area contributed by atoms with Crippen LogP contribution in [0.15, 0.2) is 60.7 Å². The second-order valence-corrected chi connectivity index (χ2v) is 7.67. The number of para-hydroxylation sites is 1. The molecule has 0 aromatic heterocycles. The molecule has 0 aliphatic rings. The van der Waals surface area contributed by atoms with E-state index in [9.17, 15) is 14.7 Å². The highest BCUT2D eigenvalue weighted by atomic mass is 16.5. The fourth-order valence-electron chi connectivity index (χ4n) is 3.27. The highest BCUT2D eigenvalue weighted by Gasteiger charge is 2.16. The number of carbonyl (C=O) groups is 2. The molecule has 2 amide bonds. The molecule has 0 unspecified atom stereocenters. The number of hydrogen-bond donors (Lipinski definition) is 4. The van der Waals surface area contributed by atoms with Gasteiger partial charge in [0.1, 0.15) is 17.2 Å². The first kappa shape index (κ1) is 24.6. The fourth-order valence-corrected chi connectivity index (χ4v) is 3.27. The molecule has 3 aromatic carbocycles. The zero-order chi connectivity index (χ0) is 24.5. The molecule has 3 aromatic rings. The van der Waals surface area contributed by atoms with E-state index in [-0.39, 0.29) is 24.1 Å². The summed E-state index contributed by atoms with van der Waals surface area (Å²) >= 11 is 0. The van der Waals surface area contributed by atoms with Crippen LogP contribution in [-0.2, 0) is 6.54 Å². The molecule has 0 atom stereocenters. The predicted molar refractivity (Wildman–Crippen MR) is 131 cm³/mol. The first-order valence-electron chi connectivity index (χ1n) is 10.9. The number of aromatic hydroxyl groups is 1. The van der Waals surface area contributed by atoms with E-state index in [0.29, 0.717) is 53.4 Å². The molecule has 5 N–H and O–H groups in total. The molecule has 8 heteroatoms. The third-order valence-electron chi connectivity index (χ3n) is 5.13. The van der Waals surface area contributed by atoms with Gasteiger partial charge < -0.3 is 30.9 Å². The standard InChI is InChI=1S/C26H29N3O5/c1-17-8-9-19(22(30)14-17)16-28-25(31)18-10-11-21(24(15-18)33-2)29-26(32)20-6-3-4-7-23(20)34-13-5-12-27/h3-4,6-11,14-15,30H,5,12-13,16,27H2,1-2H3,(H,28,31)(H,29,32). The second kappa shape index (κ2) is 11.7. The number of ether oxygens (including phenoxy) is 2. The molecule has 34 heavy (non-hydrogen) atoms. The molecule has 3 rings (SSSR count).